The Morgan fingerprint density at radius 3 is 2.28 bits per heavy atom. The zero-order chi connectivity index (χ0) is 13.8. The van der Waals surface area contributed by atoms with E-state index in [0.717, 1.165) is 12.8 Å². The average Bonchev–Trinajstić information content (AvgIpc) is 2.37. The summed E-state index contributed by atoms with van der Waals surface area (Å²) in [6.45, 7) is 5.39. The Labute approximate surface area is 110 Å². The molecular weight excluding hydrogens is 228 g/mol. The second-order valence-corrected chi connectivity index (χ2v) is 5.69. The molecule has 0 bridgehead atoms. The molecule has 18 heavy (non-hydrogen) atoms. The predicted molar refractivity (Wildman–Crippen MR) is 71.1 cm³/mol. The highest BCUT2D eigenvalue weighted by molar-refractivity contribution is 5.97. The van der Waals surface area contributed by atoms with Crippen molar-refractivity contribution in [1.82, 2.24) is 0 Å². The Kier molecular flexibility index (Phi) is 5.12. The number of ether oxygens (including phenoxy) is 1. The van der Waals surface area contributed by atoms with Crippen molar-refractivity contribution >= 4 is 11.8 Å². The molecule has 0 saturated heterocycles. The van der Waals surface area contributed by atoms with E-state index in [0.29, 0.717) is 0 Å². The number of carbonyl (C=O) groups is 2. The SMILES string of the molecule is COC(=O)C(C)C(C)(C)C(=O)C=C1CCCCC1. The van der Waals surface area contributed by atoms with Crippen molar-refractivity contribution in [3.63, 3.8) is 0 Å². The lowest BCUT2D eigenvalue weighted by Gasteiger charge is -2.27. The second-order valence-electron chi connectivity index (χ2n) is 5.69. The van der Waals surface area contributed by atoms with Gasteiger partial charge in [-0.3, -0.25) is 9.59 Å². The van der Waals surface area contributed by atoms with Crippen LogP contribution in [0.5, 0.6) is 0 Å². The number of hydrogen-bond acceptors (Lipinski definition) is 3. The first-order valence-corrected chi connectivity index (χ1v) is 6.71. The molecule has 1 atom stereocenters. The first-order chi connectivity index (χ1) is 8.39. The fraction of sp³-hybridized carbons (Fsp3) is 0.733. The van der Waals surface area contributed by atoms with Crippen molar-refractivity contribution in [2.75, 3.05) is 7.11 Å². The minimum Gasteiger partial charge on any atom is -0.469 e. The fourth-order valence-corrected chi connectivity index (χ4v) is 2.21. The third-order valence-electron chi connectivity index (χ3n) is 4.10. The minimum absolute atomic E-state index is 0.0392. The first-order valence-electron chi connectivity index (χ1n) is 6.71. The van der Waals surface area contributed by atoms with E-state index >= 15 is 0 Å². The predicted octanol–water partition coefficient (Wildman–Crippen LogP) is 3.28. The van der Waals surface area contributed by atoms with Gasteiger partial charge in [0.05, 0.1) is 13.0 Å². The van der Waals surface area contributed by atoms with Gasteiger partial charge >= 0.3 is 5.97 Å². The molecule has 0 radical (unpaired) electrons. The molecule has 1 aliphatic carbocycles. The normalized spacial score (nSPS) is 18.1. The quantitative estimate of drug-likeness (QED) is 0.569. The highest BCUT2D eigenvalue weighted by Crippen LogP contribution is 2.31. The van der Waals surface area contributed by atoms with Crippen LogP contribution < -0.4 is 0 Å². The molecule has 3 heteroatoms. The van der Waals surface area contributed by atoms with Crippen LogP contribution in [0, 0.1) is 11.3 Å². The van der Waals surface area contributed by atoms with Crippen LogP contribution in [-0.4, -0.2) is 18.9 Å². The van der Waals surface area contributed by atoms with Crippen LogP contribution in [0.2, 0.25) is 0 Å². The average molecular weight is 252 g/mol. The summed E-state index contributed by atoms with van der Waals surface area (Å²) in [6, 6.07) is 0. The van der Waals surface area contributed by atoms with Gasteiger partial charge in [-0.15, -0.1) is 0 Å². The summed E-state index contributed by atoms with van der Waals surface area (Å²) < 4.78 is 4.73. The molecule has 102 valence electrons. The summed E-state index contributed by atoms with van der Waals surface area (Å²) >= 11 is 0. The number of esters is 1. The standard InChI is InChI=1S/C15H24O3/c1-11(14(17)18-4)15(2,3)13(16)10-12-8-6-5-7-9-12/h10-11H,5-9H2,1-4H3. The lowest BCUT2D eigenvalue weighted by Crippen LogP contribution is -2.36. The summed E-state index contributed by atoms with van der Waals surface area (Å²) in [5.74, 6) is -0.705. The summed E-state index contributed by atoms with van der Waals surface area (Å²) in [5, 5.41) is 0. The van der Waals surface area contributed by atoms with Gasteiger partial charge in [0.2, 0.25) is 0 Å². The number of ketones is 1. The maximum atomic E-state index is 12.3. The van der Waals surface area contributed by atoms with Crippen molar-refractivity contribution in [1.29, 1.82) is 0 Å². The minimum atomic E-state index is -0.697. The van der Waals surface area contributed by atoms with Crippen LogP contribution in [0.4, 0.5) is 0 Å². The third-order valence-corrected chi connectivity index (χ3v) is 4.10. The van der Waals surface area contributed by atoms with Gasteiger partial charge in [0.1, 0.15) is 0 Å². The Bertz CT molecular complexity index is 345. The Hall–Kier alpha value is -1.12. The van der Waals surface area contributed by atoms with Crippen molar-refractivity contribution in [3.05, 3.63) is 11.6 Å². The van der Waals surface area contributed by atoms with E-state index in [4.69, 9.17) is 4.74 Å². The van der Waals surface area contributed by atoms with Crippen LogP contribution in [0.15, 0.2) is 11.6 Å². The summed E-state index contributed by atoms with van der Waals surface area (Å²) in [5.41, 5.74) is 0.536. The Balaban J connectivity index is 2.77. The van der Waals surface area contributed by atoms with Gasteiger partial charge in [-0.25, -0.2) is 0 Å². The molecule has 0 heterocycles. The molecule has 1 fully saturated rings. The lowest BCUT2D eigenvalue weighted by atomic mass is 9.75. The number of hydrogen-bond donors (Lipinski definition) is 0. The van der Waals surface area contributed by atoms with E-state index in [-0.39, 0.29) is 11.8 Å². The van der Waals surface area contributed by atoms with Gasteiger partial charge in [0.25, 0.3) is 0 Å². The highest BCUT2D eigenvalue weighted by atomic mass is 16.5. The summed E-state index contributed by atoms with van der Waals surface area (Å²) in [7, 11) is 1.36. The van der Waals surface area contributed by atoms with Crippen LogP contribution >= 0.6 is 0 Å². The van der Waals surface area contributed by atoms with Gasteiger partial charge in [-0.2, -0.15) is 0 Å². The first kappa shape index (κ1) is 14.9. The van der Waals surface area contributed by atoms with Crippen molar-refractivity contribution in [2.45, 2.75) is 52.9 Å². The van der Waals surface area contributed by atoms with Crippen molar-refractivity contribution in [3.8, 4) is 0 Å². The zero-order valence-electron chi connectivity index (χ0n) is 11.9. The summed E-state index contributed by atoms with van der Waals surface area (Å²) in [6.07, 6.45) is 7.41. The molecule has 1 rings (SSSR count). The maximum Gasteiger partial charge on any atom is 0.309 e. The van der Waals surface area contributed by atoms with E-state index in [1.807, 2.05) is 13.8 Å². The molecule has 0 N–H and O–H groups in total. The monoisotopic (exact) mass is 252 g/mol. The molecule has 0 aromatic carbocycles. The van der Waals surface area contributed by atoms with Crippen LogP contribution in [0.3, 0.4) is 0 Å². The molecular formula is C15H24O3. The smallest absolute Gasteiger partial charge is 0.309 e. The van der Waals surface area contributed by atoms with E-state index in [1.54, 1.807) is 13.0 Å². The van der Waals surface area contributed by atoms with Crippen molar-refractivity contribution in [2.24, 2.45) is 11.3 Å². The topological polar surface area (TPSA) is 43.4 Å². The van der Waals surface area contributed by atoms with Gasteiger partial charge < -0.3 is 4.74 Å². The molecule has 3 nitrogen and oxygen atoms in total. The lowest BCUT2D eigenvalue weighted by molar-refractivity contribution is -0.151. The molecule has 0 aromatic rings. The maximum absolute atomic E-state index is 12.3. The largest absolute Gasteiger partial charge is 0.469 e. The van der Waals surface area contributed by atoms with Crippen LogP contribution in [0.25, 0.3) is 0 Å². The number of rotatable bonds is 4. The van der Waals surface area contributed by atoms with Crippen LogP contribution in [0.1, 0.15) is 52.9 Å². The van der Waals surface area contributed by atoms with Crippen LogP contribution in [-0.2, 0) is 14.3 Å². The van der Waals surface area contributed by atoms with E-state index in [9.17, 15) is 9.59 Å². The molecule has 1 aliphatic rings. The Morgan fingerprint density at radius 2 is 1.78 bits per heavy atom. The second kappa shape index (κ2) is 6.17. The number of methoxy groups -OCH3 is 1. The zero-order valence-corrected chi connectivity index (χ0v) is 11.9. The Morgan fingerprint density at radius 1 is 1.22 bits per heavy atom. The molecule has 0 spiro atoms. The highest BCUT2D eigenvalue weighted by Gasteiger charge is 2.37. The van der Waals surface area contributed by atoms with Crippen molar-refractivity contribution < 1.29 is 14.3 Å². The molecule has 0 aromatic heterocycles. The molecule has 1 saturated carbocycles. The summed E-state index contributed by atoms with van der Waals surface area (Å²) in [4.78, 5) is 23.9. The van der Waals surface area contributed by atoms with Gasteiger partial charge in [-0.1, -0.05) is 32.8 Å². The van der Waals surface area contributed by atoms with Gasteiger partial charge in [0.15, 0.2) is 5.78 Å². The molecule has 0 amide bonds. The van der Waals surface area contributed by atoms with E-state index in [2.05, 4.69) is 0 Å². The van der Waals surface area contributed by atoms with Gasteiger partial charge in [-0.05, 0) is 31.8 Å². The molecule has 0 aliphatic heterocycles. The van der Waals surface area contributed by atoms with Gasteiger partial charge in [0, 0.05) is 5.41 Å². The van der Waals surface area contributed by atoms with E-state index < -0.39 is 11.3 Å². The third kappa shape index (κ3) is 3.44. The number of allylic oxidation sites excluding steroid dienone is 2. The molecule has 1 unspecified atom stereocenters. The fourth-order valence-electron chi connectivity index (χ4n) is 2.21. The van der Waals surface area contributed by atoms with E-state index in [1.165, 1.54) is 31.9 Å². The number of carbonyl (C=O) groups excluding carboxylic acids is 2.